The van der Waals surface area contributed by atoms with Gasteiger partial charge in [0.1, 0.15) is 11.5 Å². The zero-order chi connectivity index (χ0) is 26.1. The number of aliphatic hydroxyl groups is 1. The summed E-state index contributed by atoms with van der Waals surface area (Å²) in [6, 6.07) is 0. The molecule has 3 nitrogen and oxygen atoms in total. The third-order valence-electron chi connectivity index (χ3n) is 5.06. The molecule has 0 aliphatic heterocycles. The molecule has 0 amide bonds. The van der Waals surface area contributed by atoms with Crippen LogP contribution in [0.3, 0.4) is 0 Å². The Hall–Kier alpha value is -2.02. The van der Waals surface area contributed by atoms with Crippen molar-refractivity contribution in [3.8, 4) is 0 Å². The molecule has 0 aromatic rings. The van der Waals surface area contributed by atoms with Gasteiger partial charge in [-0.15, -0.1) is 13.2 Å². The number of nitrogens with zero attached hydrogens (tertiary/aromatic N) is 1. The van der Waals surface area contributed by atoms with Gasteiger partial charge in [-0.2, -0.15) is 11.8 Å². The highest BCUT2D eigenvalue weighted by atomic mass is 32.2. The zero-order valence-electron chi connectivity index (χ0n) is 21.4. The highest BCUT2D eigenvalue weighted by Gasteiger charge is 2.31. The van der Waals surface area contributed by atoms with E-state index in [1.165, 1.54) is 6.08 Å². The van der Waals surface area contributed by atoms with Gasteiger partial charge in [0.25, 0.3) is 0 Å². The molecule has 0 rings (SSSR count). The van der Waals surface area contributed by atoms with Crippen molar-refractivity contribution in [2.24, 2.45) is 0 Å². The molecule has 7 heteroatoms. The number of alkyl halides is 3. The van der Waals surface area contributed by atoms with Gasteiger partial charge < -0.3 is 14.7 Å². The Balaban J connectivity index is 6.94. The van der Waals surface area contributed by atoms with Crippen molar-refractivity contribution in [3.63, 3.8) is 0 Å². The number of ether oxygens (including phenoxy) is 1. The van der Waals surface area contributed by atoms with Crippen LogP contribution in [-0.2, 0) is 4.74 Å². The van der Waals surface area contributed by atoms with Gasteiger partial charge in [0, 0.05) is 24.5 Å². The van der Waals surface area contributed by atoms with Crippen molar-refractivity contribution in [1.29, 1.82) is 0 Å². The van der Waals surface area contributed by atoms with Gasteiger partial charge in [-0.25, -0.2) is 0 Å². The minimum absolute atomic E-state index is 0.227. The maximum Gasteiger partial charge on any atom is 0.573 e. The van der Waals surface area contributed by atoms with Crippen LogP contribution in [0.2, 0.25) is 0 Å². The first kappa shape index (κ1) is 32.0. The molecular weight excluding hydrogens is 459 g/mol. The zero-order valence-corrected chi connectivity index (χ0v) is 22.2. The standard InChI is InChI=1S/C27H42F3NO2S/c1-8-13-16-31(17-14-9-2)25(19-22(11-4)26(32)15-10-3)24(20-34-7)21(6)18-23(12-5)33-27(28,29)30/h12,15,18-19,32H,5-6,8-11,13-14,16-17,20H2,1-4,7H3/b22-19+,23-18+,25-24-,26-15-. The van der Waals surface area contributed by atoms with E-state index < -0.39 is 12.1 Å². The Kier molecular flexibility index (Phi) is 16.4. The van der Waals surface area contributed by atoms with Gasteiger partial charge in [-0.05, 0) is 73.0 Å². The molecule has 0 saturated heterocycles. The second-order valence-corrected chi connectivity index (χ2v) is 8.70. The normalized spacial score (nSPS) is 14.1. The van der Waals surface area contributed by atoms with E-state index in [4.69, 9.17) is 0 Å². The summed E-state index contributed by atoms with van der Waals surface area (Å²) in [4.78, 5) is 2.27. The highest BCUT2D eigenvalue weighted by Crippen LogP contribution is 2.29. The molecule has 0 aromatic carbocycles. The van der Waals surface area contributed by atoms with Crippen LogP contribution in [-0.4, -0.2) is 41.5 Å². The van der Waals surface area contributed by atoms with Gasteiger partial charge >= 0.3 is 6.36 Å². The van der Waals surface area contributed by atoms with Crippen molar-refractivity contribution in [1.82, 2.24) is 4.90 Å². The Labute approximate surface area is 208 Å². The fourth-order valence-corrected chi connectivity index (χ4v) is 3.89. The topological polar surface area (TPSA) is 32.7 Å². The number of rotatable bonds is 17. The summed E-state index contributed by atoms with van der Waals surface area (Å²) in [5, 5.41) is 10.6. The monoisotopic (exact) mass is 501 g/mol. The molecule has 0 bridgehead atoms. The van der Waals surface area contributed by atoms with E-state index in [-0.39, 0.29) is 5.76 Å². The number of hydrogen-bond donors (Lipinski definition) is 1. The smallest absolute Gasteiger partial charge is 0.508 e. The SMILES string of the molecule is C=C/C(=C\C(=C)/C(CSC)=C(/C=C(CC)/C(O)=C/CC)N(CCCC)CCCC)OC(F)(F)F. The third kappa shape index (κ3) is 12.4. The molecule has 0 saturated carbocycles. The van der Waals surface area contributed by atoms with Crippen molar-refractivity contribution in [3.05, 3.63) is 71.4 Å². The average molecular weight is 502 g/mol. The van der Waals surface area contributed by atoms with Gasteiger partial charge in [-0.1, -0.05) is 53.7 Å². The highest BCUT2D eigenvalue weighted by molar-refractivity contribution is 7.98. The lowest BCUT2D eigenvalue weighted by atomic mass is 10.0. The van der Waals surface area contributed by atoms with Gasteiger partial charge in [-0.3, -0.25) is 0 Å². The molecule has 0 aliphatic rings. The second kappa shape index (κ2) is 17.4. The molecule has 194 valence electrons. The summed E-state index contributed by atoms with van der Waals surface area (Å²) >= 11 is 1.56. The summed E-state index contributed by atoms with van der Waals surface area (Å²) in [7, 11) is 0. The Morgan fingerprint density at radius 3 is 2.06 bits per heavy atom. The van der Waals surface area contributed by atoms with Gasteiger partial charge in [0.2, 0.25) is 0 Å². The van der Waals surface area contributed by atoms with Crippen LogP contribution < -0.4 is 0 Å². The first-order chi connectivity index (χ1) is 16.1. The maximum atomic E-state index is 12.8. The summed E-state index contributed by atoms with van der Waals surface area (Å²) in [5.74, 6) is 0.365. The van der Waals surface area contributed by atoms with E-state index in [0.29, 0.717) is 24.2 Å². The fourth-order valence-electron chi connectivity index (χ4n) is 3.26. The van der Waals surface area contributed by atoms with Crippen LogP contribution in [0.1, 0.15) is 66.2 Å². The Bertz CT molecular complexity index is 756. The molecule has 0 spiro atoms. The van der Waals surface area contributed by atoms with Crippen molar-refractivity contribution >= 4 is 11.8 Å². The molecule has 0 aromatic heterocycles. The van der Waals surface area contributed by atoms with Gasteiger partial charge in [0.05, 0.1) is 0 Å². The summed E-state index contributed by atoms with van der Waals surface area (Å²) in [6.45, 7) is 17.3. The quantitative estimate of drug-likeness (QED) is 0.159. The Morgan fingerprint density at radius 2 is 1.65 bits per heavy atom. The molecule has 0 heterocycles. The number of aliphatic hydroxyl groups excluding tert-OH is 1. The lowest BCUT2D eigenvalue weighted by molar-refractivity contribution is -0.303. The van der Waals surface area contributed by atoms with E-state index in [1.54, 1.807) is 17.8 Å². The molecule has 0 unspecified atom stereocenters. The molecule has 1 N–H and O–H groups in total. The predicted molar refractivity (Wildman–Crippen MR) is 141 cm³/mol. The molecule has 34 heavy (non-hydrogen) atoms. The summed E-state index contributed by atoms with van der Waals surface area (Å²) in [6.07, 6.45) is 8.47. The minimum Gasteiger partial charge on any atom is -0.508 e. The number of halogens is 3. The summed E-state index contributed by atoms with van der Waals surface area (Å²) < 4.78 is 42.6. The fraction of sp³-hybridized carbons (Fsp3) is 0.556. The molecule has 0 atom stereocenters. The number of hydrogen-bond acceptors (Lipinski definition) is 4. The predicted octanol–water partition coefficient (Wildman–Crippen LogP) is 8.86. The van der Waals surface area contributed by atoms with E-state index in [1.807, 2.05) is 26.2 Å². The number of unbranched alkanes of at least 4 members (excludes halogenated alkanes) is 2. The van der Waals surface area contributed by atoms with E-state index in [9.17, 15) is 18.3 Å². The molecule has 0 aliphatic carbocycles. The van der Waals surface area contributed by atoms with Crippen LogP contribution in [0.15, 0.2) is 71.4 Å². The van der Waals surface area contributed by atoms with Crippen molar-refractivity contribution in [2.45, 2.75) is 72.6 Å². The van der Waals surface area contributed by atoms with Crippen LogP contribution >= 0.6 is 11.8 Å². The summed E-state index contributed by atoms with van der Waals surface area (Å²) in [5.41, 5.74) is 2.88. The van der Waals surface area contributed by atoms with Crippen LogP contribution in [0.5, 0.6) is 0 Å². The number of allylic oxidation sites excluding steroid dienone is 6. The van der Waals surface area contributed by atoms with Crippen LogP contribution in [0.25, 0.3) is 0 Å². The second-order valence-electron chi connectivity index (χ2n) is 7.84. The maximum absolute atomic E-state index is 12.8. The third-order valence-corrected chi connectivity index (χ3v) is 5.64. The Morgan fingerprint density at radius 1 is 1.06 bits per heavy atom. The number of thioether (sulfide) groups is 1. The first-order valence-electron chi connectivity index (χ1n) is 11.9. The van der Waals surface area contributed by atoms with Crippen LogP contribution in [0, 0.1) is 0 Å². The van der Waals surface area contributed by atoms with Crippen molar-refractivity contribution in [2.75, 3.05) is 25.1 Å². The van der Waals surface area contributed by atoms with Crippen LogP contribution in [0.4, 0.5) is 13.2 Å². The lowest BCUT2D eigenvalue weighted by Gasteiger charge is -2.29. The van der Waals surface area contributed by atoms with Gasteiger partial charge in [0.15, 0.2) is 0 Å². The molecule has 0 radical (unpaired) electrons. The molecular formula is C27H42F3NO2S. The minimum atomic E-state index is -4.81. The van der Waals surface area contributed by atoms with E-state index in [0.717, 1.165) is 61.7 Å². The lowest BCUT2D eigenvalue weighted by Crippen LogP contribution is -2.27. The average Bonchev–Trinajstić information content (AvgIpc) is 2.78. The molecule has 0 fully saturated rings. The van der Waals surface area contributed by atoms with E-state index in [2.05, 4.69) is 36.6 Å². The van der Waals surface area contributed by atoms with E-state index >= 15 is 0 Å². The largest absolute Gasteiger partial charge is 0.573 e. The van der Waals surface area contributed by atoms with Crippen molar-refractivity contribution < 1.29 is 23.0 Å². The first-order valence-corrected chi connectivity index (χ1v) is 13.3.